The molecule has 0 aliphatic heterocycles. The number of rotatable bonds is 5. The quantitative estimate of drug-likeness (QED) is 0.848. The molecule has 2 N–H and O–H groups in total. The molecule has 0 amide bonds. The van der Waals surface area contributed by atoms with E-state index in [2.05, 4.69) is 45.9 Å². The number of nitrogens with two attached hydrogens (primary N) is 1. The van der Waals surface area contributed by atoms with E-state index in [1.165, 1.54) is 11.1 Å². The molecule has 1 rings (SSSR count). The smallest absolute Gasteiger partial charge is 0.122 e. The number of hydrogen-bond acceptors (Lipinski definition) is 2. The maximum atomic E-state index is 6.03. The molecule has 0 fully saturated rings. The van der Waals surface area contributed by atoms with Gasteiger partial charge in [-0.3, -0.25) is 0 Å². The third-order valence-corrected chi connectivity index (χ3v) is 3.01. The minimum atomic E-state index is -0.126. The van der Waals surface area contributed by atoms with E-state index < -0.39 is 0 Å². The molecule has 0 unspecified atom stereocenters. The van der Waals surface area contributed by atoms with Crippen LogP contribution in [0.5, 0.6) is 5.75 Å². The minimum Gasteiger partial charge on any atom is -0.496 e. The highest BCUT2D eigenvalue weighted by Crippen LogP contribution is 2.26. The van der Waals surface area contributed by atoms with Gasteiger partial charge < -0.3 is 10.5 Å². The molecular formula is C15H25NO. The molecule has 2 heteroatoms. The standard InChI is InChI=1S/C15H25NO/c1-11(2)12-6-7-14(17-5)13(10-12)8-9-15(3,4)16/h6-7,10-11H,8-9,16H2,1-5H3. The summed E-state index contributed by atoms with van der Waals surface area (Å²) in [6.07, 6.45) is 1.93. The van der Waals surface area contributed by atoms with E-state index in [1.807, 2.05) is 0 Å². The van der Waals surface area contributed by atoms with Crippen LogP contribution < -0.4 is 10.5 Å². The van der Waals surface area contributed by atoms with Crippen LogP contribution in [0.4, 0.5) is 0 Å². The van der Waals surface area contributed by atoms with Crippen molar-refractivity contribution in [2.75, 3.05) is 7.11 Å². The fraction of sp³-hybridized carbons (Fsp3) is 0.600. The molecule has 1 aromatic carbocycles. The number of hydrogen-bond donors (Lipinski definition) is 1. The van der Waals surface area contributed by atoms with Crippen LogP contribution in [0.25, 0.3) is 0 Å². The van der Waals surface area contributed by atoms with Gasteiger partial charge in [-0.1, -0.05) is 26.0 Å². The van der Waals surface area contributed by atoms with Gasteiger partial charge in [0.1, 0.15) is 5.75 Å². The molecule has 0 heterocycles. The second-order valence-corrected chi connectivity index (χ2v) is 5.71. The first kappa shape index (κ1) is 14.0. The van der Waals surface area contributed by atoms with Crippen molar-refractivity contribution >= 4 is 0 Å². The Morgan fingerprint density at radius 1 is 1.29 bits per heavy atom. The molecule has 0 saturated heterocycles. The van der Waals surface area contributed by atoms with Crippen molar-refractivity contribution in [2.24, 2.45) is 5.73 Å². The Morgan fingerprint density at radius 3 is 2.41 bits per heavy atom. The fourth-order valence-electron chi connectivity index (χ4n) is 1.81. The van der Waals surface area contributed by atoms with Gasteiger partial charge in [-0.15, -0.1) is 0 Å². The van der Waals surface area contributed by atoms with Gasteiger partial charge in [0.2, 0.25) is 0 Å². The van der Waals surface area contributed by atoms with Crippen LogP contribution in [-0.4, -0.2) is 12.6 Å². The van der Waals surface area contributed by atoms with E-state index in [-0.39, 0.29) is 5.54 Å². The zero-order valence-corrected chi connectivity index (χ0v) is 11.7. The van der Waals surface area contributed by atoms with Crippen LogP contribution in [-0.2, 0) is 6.42 Å². The molecular weight excluding hydrogens is 210 g/mol. The van der Waals surface area contributed by atoms with E-state index in [0.717, 1.165) is 18.6 Å². The van der Waals surface area contributed by atoms with Crippen molar-refractivity contribution in [1.82, 2.24) is 0 Å². The number of methoxy groups -OCH3 is 1. The summed E-state index contributed by atoms with van der Waals surface area (Å²) in [5, 5.41) is 0. The molecule has 0 aromatic heterocycles. The van der Waals surface area contributed by atoms with Crippen molar-refractivity contribution in [2.45, 2.75) is 52.0 Å². The summed E-state index contributed by atoms with van der Waals surface area (Å²) in [4.78, 5) is 0. The Balaban J connectivity index is 2.90. The van der Waals surface area contributed by atoms with Gasteiger partial charge in [-0.2, -0.15) is 0 Å². The minimum absolute atomic E-state index is 0.126. The highest BCUT2D eigenvalue weighted by atomic mass is 16.5. The first-order valence-electron chi connectivity index (χ1n) is 6.29. The van der Waals surface area contributed by atoms with Gasteiger partial charge in [0.25, 0.3) is 0 Å². The van der Waals surface area contributed by atoms with Gasteiger partial charge in [-0.25, -0.2) is 0 Å². The largest absolute Gasteiger partial charge is 0.496 e. The summed E-state index contributed by atoms with van der Waals surface area (Å²) in [6.45, 7) is 8.54. The van der Waals surface area contributed by atoms with Crippen molar-refractivity contribution in [3.63, 3.8) is 0 Å². The maximum absolute atomic E-state index is 6.03. The Hall–Kier alpha value is -1.02. The molecule has 96 valence electrons. The van der Waals surface area contributed by atoms with E-state index in [4.69, 9.17) is 10.5 Å². The Labute approximate surface area is 105 Å². The van der Waals surface area contributed by atoms with Crippen molar-refractivity contribution in [1.29, 1.82) is 0 Å². The normalized spacial score (nSPS) is 11.9. The van der Waals surface area contributed by atoms with Gasteiger partial charge in [0.15, 0.2) is 0 Å². The Bertz CT molecular complexity index is 364. The second kappa shape index (κ2) is 5.54. The fourth-order valence-corrected chi connectivity index (χ4v) is 1.81. The van der Waals surface area contributed by atoms with Crippen LogP contribution in [0, 0.1) is 0 Å². The Morgan fingerprint density at radius 2 is 1.94 bits per heavy atom. The molecule has 0 spiro atoms. The number of ether oxygens (including phenoxy) is 1. The molecule has 0 radical (unpaired) electrons. The molecule has 0 bridgehead atoms. The lowest BCUT2D eigenvalue weighted by molar-refractivity contribution is 0.404. The van der Waals surface area contributed by atoms with Gasteiger partial charge >= 0.3 is 0 Å². The van der Waals surface area contributed by atoms with E-state index >= 15 is 0 Å². The first-order chi connectivity index (χ1) is 7.83. The lowest BCUT2D eigenvalue weighted by atomic mass is 9.93. The number of benzene rings is 1. The highest BCUT2D eigenvalue weighted by molar-refractivity contribution is 5.38. The summed E-state index contributed by atoms with van der Waals surface area (Å²) in [7, 11) is 1.72. The second-order valence-electron chi connectivity index (χ2n) is 5.71. The number of aryl methyl sites for hydroxylation is 1. The summed E-state index contributed by atoms with van der Waals surface area (Å²) in [5.41, 5.74) is 8.52. The zero-order chi connectivity index (χ0) is 13.1. The van der Waals surface area contributed by atoms with Crippen LogP contribution in [0.1, 0.15) is 51.2 Å². The van der Waals surface area contributed by atoms with Crippen LogP contribution in [0.2, 0.25) is 0 Å². The van der Waals surface area contributed by atoms with E-state index in [9.17, 15) is 0 Å². The highest BCUT2D eigenvalue weighted by Gasteiger charge is 2.13. The molecule has 17 heavy (non-hydrogen) atoms. The lowest BCUT2D eigenvalue weighted by Crippen LogP contribution is -2.32. The molecule has 0 aliphatic carbocycles. The van der Waals surface area contributed by atoms with Gasteiger partial charge in [0.05, 0.1) is 7.11 Å². The van der Waals surface area contributed by atoms with Crippen molar-refractivity contribution < 1.29 is 4.74 Å². The Kier molecular flexibility index (Phi) is 4.58. The average Bonchev–Trinajstić information content (AvgIpc) is 2.24. The maximum Gasteiger partial charge on any atom is 0.122 e. The van der Waals surface area contributed by atoms with Gasteiger partial charge in [-0.05, 0) is 49.8 Å². The monoisotopic (exact) mass is 235 g/mol. The van der Waals surface area contributed by atoms with Crippen LogP contribution in [0.3, 0.4) is 0 Å². The van der Waals surface area contributed by atoms with E-state index in [0.29, 0.717) is 5.92 Å². The lowest BCUT2D eigenvalue weighted by Gasteiger charge is -2.19. The molecule has 1 aromatic rings. The third-order valence-electron chi connectivity index (χ3n) is 3.01. The summed E-state index contributed by atoms with van der Waals surface area (Å²) >= 11 is 0. The summed E-state index contributed by atoms with van der Waals surface area (Å²) in [6, 6.07) is 6.45. The van der Waals surface area contributed by atoms with E-state index in [1.54, 1.807) is 7.11 Å². The molecule has 2 nitrogen and oxygen atoms in total. The van der Waals surface area contributed by atoms with Crippen LogP contribution >= 0.6 is 0 Å². The third kappa shape index (κ3) is 4.39. The van der Waals surface area contributed by atoms with Crippen LogP contribution in [0.15, 0.2) is 18.2 Å². The predicted octanol–water partition coefficient (Wildman–Crippen LogP) is 3.49. The summed E-state index contributed by atoms with van der Waals surface area (Å²) in [5.74, 6) is 1.52. The first-order valence-corrected chi connectivity index (χ1v) is 6.29. The average molecular weight is 235 g/mol. The predicted molar refractivity (Wildman–Crippen MR) is 73.7 cm³/mol. The zero-order valence-electron chi connectivity index (χ0n) is 11.7. The van der Waals surface area contributed by atoms with Gasteiger partial charge in [0, 0.05) is 5.54 Å². The summed E-state index contributed by atoms with van der Waals surface area (Å²) < 4.78 is 5.40. The molecule has 0 atom stereocenters. The van der Waals surface area contributed by atoms with Crippen molar-refractivity contribution in [3.8, 4) is 5.75 Å². The molecule has 0 aliphatic rings. The SMILES string of the molecule is COc1ccc(C(C)C)cc1CCC(C)(C)N. The van der Waals surface area contributed by atoms with Crippen molar-refractivity contribution in [3.05, 3.63) is 29.3 Å². The topological polar surface area (TPSA) is 35.2 Å². The molecule has 0 saturated carbocycles.